The van der Waals surface area contributed by atoms with Crippen LogP contribution in [0.5, 0.6) is 5.75 Å². The van der Waals surface area contributed by atoms with Crippen LogP contribution in [-0.2, 0) is 4.79 Å². The normalized spacial score (nSPS) is 23.8. The smallest absolute Gasteiger partial charge is 0.226 e. The first-order valence-electron chi connectivity index (χ1n) is 7.46. The summed E-state index contributed by atoms with van der Waals surface area (Å²) in [5.41, 5.74) is 1.13. The molecule has 1 heterocycles. The maximum atomic E-state index is 12.1. The van der Waals surface area contributed by atoms with Gasteiger partial charge in [-0.1, -0.05) is 0 Å². The molecule has 1 aromatic carbocycles. The molecule has 22 heavy (non-hydrogen) atoms. The van der Waals surface area contributed by atoms with Gasteiger partial charge in [-0.25, -0.2) is 4.99 Å². The van der Waals surface area contributed by atoms with Crippen molar-refractivity contribution in [1.29, 1.82) is 0 Å². The number of nitrogens with zero attached hydrogens (tertiary/aromatic N) is 2. The van der Waals surface area contributed by atoms with Crippen molar-refractivity contribution in [2.75, 3.05) is 25.1 Å². The zero-order chi connectivity index (χ0) is 15.5. The van der Waals surface area contributed by atoms with E-state index in [0.717, 1.165) is 37.4 Å². The van der Waals surface area contributed by atoms with Gasteiger partial charge in [-0.15, -0.1) is 0 Å². The van der Waals surface area contributed by atoms with Gasteiger partial charge in [0.2, 0.25) is 5.91 Å². The number of thiocarbonyl (C=S) groups is 1. The molecule has 1 N–H and O–H groups in total. The van der Waals surface area contributed by atoms with Gasteiger partial charge in [0.15, 0.2) is 0 Å². The second-order valence-electron chi connectivity index (χ2n) is 5.85. The zero-order valence-corrected chi connectivity index (χ0v) is 13.3. The number of isothiocyanates is 1. The molecule has 5 nitrogen and oxygen atoms in total. The molecule has 0 bridgehead atoms. The molecule has 1 saturated carbocycles. The number of aliphatic imine (C=N–C) groups is 1. The fourth-order valence-corrected chi connectivity index (χ4v) is 3.00. The topological polar surface area (TPSA) is 53.9 Å². The quantitative estimate of drug-likeness (QED) is 0.665. The van der Waals surface area contributed by atoms with Crippen LogP contribution in [0.1, 0.15) is 12.8 Å². The lowest BCUT2D eigenvalue weighted by atomic mass is 9.86. The molecule has 2 aliphatic rings. The third kappa shape index (κ3) is 3.13. The number of benzene rings is 1. The Morgan fingerprint density at radius 3 is 2.64 bits per heavy atom. The van der Waals surface area contributed by atoms with E-state index in [1.54, 1.807) is 7.11 Å². The summed E-state index contributed by atoms with van der Waals surface area (Å²) < 4.78 is 5.15. The van der Waals surface area contributed by atoms with Crippen LogP contribution in [0.4, 0.5) is 5.69 Å². The summed E-state index contributed by atoms with van der Waals surface area (Å²) in [6, 6.07) is 8.42. The molecule has 1 aliphatic heterocycles. The molecule has 0 aromatic heterocycles. The van der Waals surface area contributed by atoms with Crippen molar-refractivity contribution in [3.8, 4) is 5.75 Å². The average molecular weight is 317 g/mol. The minimum atomic E-state index is 0.0789. The van der Waals surface area contributed by atoms with Gasteiger partial charge in [0.25, 0.3) is 0 Å². The van der Waals surface area contributed by atoms with Crippen molar-refractivity contribution >= 4 is 29.0 Å². The van der Waals surface area contributed by atoms with Crippen molar-refractivity contribution in [3.63, 3.8) is 0 Å². The van der Waals surface area contributed by atoms with Gasteiger partial charge in [0, 0.05) is 24.8 Å². The number of carbonyl (C=O) groups is 1. The Kier molecular flexibility index (Phi) is 4.41. The van der Waals surface area contributed by atoms with Gasteiger partial charge in [-0.05, 0) is 49.3 Å². The maximum absolute atomic E-state index is 12.1. The highest BCUT2D eigenvalue weighted by Gasteiger charge is 2.36. The fourth-order valence-electron chi connectivity index (χ4n) is 2.85. The van der Waals surface area contributed by atoms with Crippen molar-refractivity contribution in [1.82, 2.24) is 5.32 Å². The van der Waals surface area contributed by atoms with E-state index in [2.05, 4.69) is 32.6 Å². The minimum Gasteiger partial charge on any atom is -0.497 e. The van der Waals surface area contributed by atoms with Gasteiger partial charge < -0.3 is 15.0 Å². The highest BCUT2D eigenvalue weighted by atomic mass is 32.1. The average Bonchev–Trinajstić information content (AvgIpc) is 2.44. The number of rotatable bonds is 5. The molecule has 0 atom stereocenters. The first kappa shape index (κ1) is 15.0. The number of nitrogens with one attached hydrogen (secondary N) is 1. The lowest BCUT2D eigenvalue weighted by Gasteiger charge is -2.42. The van der Waals surface area contributed by atoms with Crippen LogP contribution in [0, 0.1) is 5.92 Å². The molecule has 1 amide bonds. The second kappa shape index (κ2) is 6.46. The standard InChI is InChI=1S/C16H19N3O2S/c1-21-15-4-2-14(3-5-15)19-8-11(9-19)16(20)18-13-6-12(7-13)17-10-22/h2-5,11-13H,6-9H2,1H3,(H,18,20)/t12-,13+. The Bertz CT molecular complexity index is 586. The second-order valence-corrected chi connectivity index (χ2v) is 6.03. The third-order valence-electron chi connectivity index (χ3n) is 4.38. The Labute approximate surface area is 135 Å². The third-order valence-corrected chi connectivity index (χ3v) is 4.49. The molecule has 0 unspecified atom stereocenters. The Morgan fingerprint density at radius 2 is 2.05 bits per heavy atom. The largest absolute Gasteiger partial charge is 0.497 e. The fraction of sp³-hybridized carbons (Fsp3) is 0.500. The van der Waals surface area contributed by atoms with Crippen LogP contribution < -0.4 is 15.0 Å². The first-order chi connectivity index (χ1) is 10.7. The van der Waals surface area contributed by atoms with Crippen LogP contribution in [0.25, 0.3) is 0 Å². The monoisotopic (exact) mass is 317 g/mol. The van der Waals surface area contributed by atoms with E-state index in [9.17, 15) is 4.79 Å². The Balaban J connectivity index is 1.43. The predicted molar refractivity (Wildman–Crippen MR) is 88.7 cm³/mol. The van der Waals surface area contributed by atoms with Crippen molar-refractivity contribution in [3.05, 3.63) is 24.3 Å². The maximum Gasteiger partial charge on any atom is 0.226 e. The molecule has 1 aliphatic carbocycles. The number of hydrogen-bond acceptors (Lipinski definition) is 5. The van der Waals surface area contributed by atoms with Gasteiger partial charge in [0.05, 0.1) is 24.2 Å². The molecule has 0 radical (unpaired) electrons. The number of anilines is 1. The summed E-state index contributed by atoms with van der Waals surface area (Å²) >= 11 is 4.58. The Hall–Kier alpha value is -1.91. The van der Waals surface area contributed by atoms with E-state index in [0.29, 0.717) is 0 Å². The van der Waals surface area contributed by atoms with E-state index in [4.69, 9.17) is 4.74 Å². The van der Waals surface area contributed by atoms with E-state index in [-0.39, 0.29) is 23.9 Å². The van der Waals surface area contributed by atoms with Crippen molar-refractivity contribution in [2.24, 2.45) is 10.9 Å². The van der Waals surface area contributed by atoms with Crippen LogP contribution in [-0.4, -0.2) is 43.4 Å². The van der Waals surface area contributed by atoms with Crippen molar-refractivity contribution in [2.45, 2.75) is 24.9 Å². The summed E-state index contributed by atoms with van der Waals surface area (Å²) in [7, 11) is 1.65. The Morgan fingerprint density at radius 1 is 1.36 bits per heavy atom. The SMILES string of the molecule is COc1ccc(N2CC(C(=O)N[C@H]3C[C@@H](N=C=S)C3)C2)cc1. The summed E-state index contributed by atoms with van der Waals surface area (Å²) in [6.07, 6.45) is 1.76. The number of ether oxygens (including phenoxy) is 1. The lowest BCUT2D eigenvalue weighted by Crippen LogP contribution is -2.57. The number of carbonyl (C=O) groups excluding carboxylic acids is 1. The molecule has 0 spiro atoms. The summed E-state index contributed by atoms with van der Waals surface area (Å²) in [5.74, 6) is 1.08. The van der Waals surface area contributed by atoms with E-state index >= 15 is 0 Å². The highest BCUT2D eigenvalue weighted by molar-refractivity contribution is 7.78. The van der Waals surface area contributed by atoms with Gasteiger partial charge in [0.1, 0.15) is 5.75 Å². The number of methoxy groups -OCH3 is 1. The molecular weight excluding hydrogens is 298 g/mol. The van der Waals surface area contributed by atoms with Crippen LogP contribution in [0.2, 0.25) is 0 Å². The van der Waals surface area contributed by atoms with E-state index in [1.807, 2.05) is 24.3 Å². The highest BCUT2D eigenvalue weighted by Crippen LogP contribution is 2.28. The molecule has 1 aromatic rings. The van der Waals surface area contributed by atoms with Crippen LogP contribution >= 0.6 is 12.2 Å². The van der Waals surface area contributed by atoms with E-state index in [1.165, 1.54) is 0 Å². The van der Waals surface area contributed by atoms with Gasteiger partial charge in [-0.3, -0.25) is 4.79 Å². The summed E-state index contributed by atoms with van der Waals surface area (Å²) in [6.45, 7) is 1.54. The molecule has 6 heteroatoms. The van der Waals surface area contributed by atoms with E-state index < -0.39 is 0 Å². The zero-order valence-electron chi connectivity index (χ0n) is 12.5. The lowest BCUT2D eigenvalue weighted by molar-refractivity contribution is -0.127. The minimum absolute atomic E-state index is 0.0789. The molecular formula is C16H19N3O2S. The number of amides is 1. The van der Waals surface area contributed by atoms with Gasteiger partial charge in [-0.2, -0.15) is 0 Å². The van der Waals surface area contributed by atoms with Crippen LogP contribution in [0.3, 0.4) is 0 Å². The first-order valence-corrected chi connectivity index (χ1v) is 7.86. The van der Waals surface area contributed by atoms with Gasteiger partial charge >= 0.3 is 0 Å². The number of hydrogen-bond donors (Lipinski definition) is 1. The van der Waals surface area contributed by atoms with Crippen molar-refractivity contribution < 1.29 is 9.53 Å². The molecule has 2 fully saturated rings. The van der Waals surface area contributed by atoms with Crippen LogP contribution in [0.15, 0.2) is 29.3 Å². The molecule has 3 rings (SSSR count). The predicted octanol–water partition coefficient (Wildman–Crippen LogP) is 1.88. The summed E-state index contributed by atoms with van der Waals surface area (Å²) in [4.78, 5) is 18.4. The summed E-state index contributed by atoms with van der Waals surface area (Å²) in [5, 5.41) is 5.49. The molecule has 1 saturated heterocycles. The molecule has 116 valence electrons.